The second-order valence-corrected chi connectivity index (χ2v) is 12.3. The quantitative estimate of drug-likeness (QED) is 0.408. The Balaban J connectivity index is 1.49. The van der Waals surface area contributed by atoms with Crippen LogP contribution in [0.1, 0.15) is 62.1 Å². The molecule has 2 aromatic carbocycles. The number of halogens is 3. The SMILES string of the molecule is CC1=C2C(CC(c3ccc(C(F)(F)F)cc3)=C1)C1(CCCCC1)CN2S(=O)c1ccc(OCC(=O)O)c(C)c1. The minimum absolute atomic E-state index is 0.0322. The third-order valence-corrected chi connectivity index (χ3v) is 9.73. The zero-order valence-corrected chi connectivity index (χ0v) is 22.8. The standard InChI is InChI=1S/C30H32F3NO4S/c1-19-15-24(10-11-26(19)38-17-27(35)36)39(37)34-18-29(12-4-3-5-13-29)25-16-22(14-20(2)28(25)34)21-6-8-23(9-7-21)30(31,32)33/h6-11,14-15,25H,3-5,12-13,16-18H2,1-2H3,(H,35,36). The number of aryl methyl sites for hydroxylation is 1. The summed E-state index contributed by atoms with van der Waals surface area (Å²) in [6.45, 7) is 4.03. The monoisotopic (exact) mass is 559 g/mol. The molecule has 3 aliphatic rings. The van der Waals surface area contributed by atoms with Crippen LogP contribution in [0.25, 0.3) is 5.57 Å². The van der Waals surface area contributed by atoms with Crippen LogP contribution in [0, 0.1) is 18.3 Å². The van der Waals surface area contributed by atoms with Crippen LogP contribution in [0.15, 0.2) is 64.7 Å². The van der Waals surface area contributed by atoms with Gasteiger partial charge in [-0.2, -0.15) is 13.2 Å². The van der Waals surface area contributed by atoms with Crippen molar-refractivity contribution in [3.8, 4) is 5.75 Å². The third-order valence-electron chi connectivity index (χ3n) is 8.35. The number of allylic oxidation sites excluding steroid dienone is 4. The molecule has 208 valence electrons. The molecular weight excluding hydrogens is 527 g/mol. The highest BCUT2D eigenvalue weighted by Gasteiger charge is 2.52. The maximum atomic E-state index is 14.0. The van der Waals surface area contributed by atoms with Crippen LogP contribution in [-0.4, -0.2) is 32.7 Å². The number of benzene rings is 2. The van der Waals surface area contributed by atoms with Crippen LogP contribution in [-0.2, 0) is 22.0 Å². The van der Waals surface area contributed by atoms with E-state index in [1.165, 1.54) is 6.42 Å². The predicted octanol–water partition coefficient (Wildman–Crippen LogP) is 7.14. The maximum absolute atomic E-state index is 14.0. The zero-order valence-electron chi connectivity index (χ0n) is 22.0. The van der Waals surface area contributed by atoms with Crippen molar-refractivity contribution in [2.24, 2.45) is 11.3 Å². The number of rotatable bonds is 6. The Labute approximate surface area is 228 Å². The number of hydrogen-bond donors (Lipinski definition) is 1. The molecule has 1 heterocycles. The number of carbonyl (C=O) groups is 1. The number of carboxylic acid groups (broad SMARTS) is 1. The summed E-state index contributed by atoms with van der Waals surface area (Å²) in [6, 6.07) is 10.6. The summed E-state index contributed by atoms with van der Waals surface area (Å²) in [5.74, 6) is -0.479. The number of carboxylic acids is 1. The molecule has 5 nitrogen and oxygen atoms in total. The lowest BCUT2D eigenvalue weighted by atomic mass is 9.63. The van der Waals surface area contributed by atoms with Crippen LogP contribution in [0.2, 0.25) is 0 Å². The summed E-state index contributed by atoms with van der Waals surface area (Å²) in [5, 5.41) is 8.91. The average molecular weight is 560 g/mol. The van der Waals surface area contributed by atoms with Crippen molar-refractivity contribution in [3.63, 3.8) is 0 Å². The smallest absolute Gasteiger partial charge is 0.416 e. The second-order valence-electron chi connectivity index (χ2n) is 10.9. The van der Waals surface area contributed by atoms with Crippen molar-refractivity contribution in [2.45, 2.75) is 63.4 Å². The van der Waals surface area contributed by atoms with Gasteiger partial charge in [-0.3, -0.25) is 4.31 Å². The Morgan fingerprint density at radius 2 is 1.79 bits per heavy atom. The number of alkyl halides is 3. The van der Waals surface area contributed by atoms with Crippen molar-refractivity contribution in [3.05, 3.63) is 76.5 Å². The Hall–Kier alpha value is -3.07. The number of fused-ring (bicyclic) bond motifs is 2. The van der Waals surface area contributed by atoms with Gasteiger partial charge in [0.15, 0.2) is 17.6 Å². The molecule has 2 aliphatic carbocycles. The molecule has 0 amide bonds. The van der Waals surface area contributed by atoms with Gasteiger partial charge in [-0.15, -0.1) is 0 Å². The van der Waals surface area contributed by atoms with E-state index in [2.05, 4.69) is 0 Å². The van der Waals surface area contributed by atoms with E-state index in [-0.39, 0.29) is 11.3 Å². The second kappa shape index (κ2) is 10.5. The van der Waals surface area contributed by atoms with Crippen molar-refractivity contribution in [1.82, 2.24) is 4.31 Å². The van der Waals surface area contributed by atoms with E-state index in [0.29, 0.717) is 29.2 Å². The normalized spacial score (nSPS) is 21.5. The van der Waals surface area contributed by atoms with E-state index < -0.39 is 35.3 Å². The van der Waals surface area contributed by atoms with Gasteiger partial charge in [-0.1, -0.05) is 37.5 Å². The Morgan fingerprint density at radius 3 is 2.41 bits per heavy atom. The fourth-order valence-electron chi connectivity index (χ4n) is 6.49. The van der Waals surface area contributed by atoms with E-state index in [1.54, 1.807) is 37.3 Å². The van der Waals surface area contributed by atoms with Crippen molar-refractivity contribution in [1.29, 1.82) is 0 Å². The number of nitrogens with zero attached hydrogens (tertiary/aromatic N) is 1. The van der Waals surface area contributed by atoms with Gasteiger partial charge in [0.1, 0.15) is 5.75 Å². The molecule has 1 N–H and O–H groups in total. The highest BCUT2D eigenvalue weighted by Crippen LogP contribution is 2.58. The minimum atomic E-state index is -4.37. The molecule has 2 fully saturated rings. The summed E-state index contributed by atoms with van der Waals surface area (Å²) in [4.78, 5) is 11.5. The van der Waals surface area contributed by atoms with Gasteiger partial charge in [-0.25, -0.2) is 9.00 Å². The molecule has 0 bridgehead atoms. The lowest BCUT2D eigenvalue weighted by Crippen LogP contribution is -2.33. The third kappa shape index (κ3) is 5.38. The van der Waals surface area contributed by atoms with Crippen LogP contribution < -0.4 is 4.74 Å². The van der Waals surface area contributed by atoms with E-state index in [0.717, 1.165) is 60.2 Å². The van der Waals surface area contributed by atoms with E-state index >= 15 is 0 Å². The Kier molecular flexibility index (Phi) is 7.39. The largest absolute Gasteiger partial charge is 0.482 e. The summed E-state index contributed by atoms with van der Waals surface area (Å²) >= 11 is 0. The lowest BCUT2D eigenvalue weighted by molar-refractivity contribution is -0.139. The highest BCUT2D eigenvalue weighted by atomic mass is 32.2. The Bertz CT molecular complexity index is 1360. The summed E-state index contributed by atoms with van der Waals surface area (Å²) < 4.78 is 60.8. The molecule has 1 saturated heterocycles. The average Bonchev–Trinajstić information content (AvgIpc) is 3.21. The van der Waals surface area contributed by atoms with E-state index in [4.69, 9.17) is 9.84 Å². The summed E-state index contributed by atoms with van der Waals surface area (Å²) in [5.41, 5.74) is 3.89. The molecule has 0 aromatic heterocycles. The summed E-state index contributed by atoms with van der Waals surface area (Å²) in [7, 11) is -1.48. The number of ether oxygens (including phenoxy) is 1. The van der Waals surface area contributed by atoms with Gasteiger partial charge >= 0.3 is 12.1 Å². The van der Waals surface area contributed by atoms with Gasteiger partial charge in [0.05, 0.1) is 10.5 Å². The number of hydrogen-bond acceptors (Lipinski definition) is 3. The van der Waals surface area contributed by atoms with Crippen LogP contribution in [0.3, 0.4) is 0 Å². The van der Waals surface area contributed by atoms with E-state index in [1.807, 2.05) is 17.3 Å². The first kappa shape index (κ1) is 27.5. The van der Waals surface area contributed by atoms with Crippen LogP contribution >= 0.6 is 0 Å². The van der Waals surface area contributed by atoms with E-state index in [9.17, 15) is 22.2 Å². The van der Waals surface area contributed by atoms with Crippen molar-refractivity contribution < 1.29 is 32.0 Å². The molecule has 0 radical (unpaired) electrons. The molecule has 1 aliphatic heterocycles. The highest BCUT2D eigenvalue weighted by molar-refractivity contribution is 7.82. The van der Waals surface area contributed by atoms with Crippen molar-refractivity contribution >= 4 is 22.5 Å². The van der Waals surface area contributed by atoms with Gasteiger partial charge in [0.25, 0.3) is 0 Å². The predicted molar refractivity (Wildman–Crippen MR) is 143 cm³/mol. The van der Waals surface area contributed by atoms with Gasteiger partial charge in [0, 0.05) is 18.2 Å². The molecule has 2 unspecified atom stereocenters. The van der Waals surface area contributed by atoms with Gasteiger partial charge < -0.3 is 9.84 Å². The molecule has 5 rings (SSSR count). The zero-order chi connectivity index (χ0) is 27.9. The maximum Gasteiger partial charge on any atom is 0.416 e. The van der Waals surface area contributed by atoms with Crippen LogP contribution in [0.4, 0.5) is 13.2 Å². The fraction of sp³-hybridized carbons (Fsp3) is 0.433. The minimum Gasteiger partial charge on any atom is -0.482 e. The molecule has 9 heteroatoms. The van der Waals surface area contributed by atoms with Gasteiger partial charge in [-0.05, 0) is 91.1 Å². The van der Waals surface area contributed by atoms with Crippen molar-refractivity contribution in [2.75, 3.05) is 13.2 Å². The first-order chi connectivity index (χ1) is 18.5. The number of aliphatic carboxylic acids is 1. The first-order valence-electron chi connectivity index (χ1n) is 13.2. The first-order valence-corrected chi connectivity index (χ1v) is 14.3. The van der Waals surface area contributed by atoms with Gasteiger partial charge in [0.2, 0.25) is 0 Å². The molecule has 2 atom stereocenters. The topological polar surface area (TPSA) is 66.8 Å². The lowest BCUT2D eigenvalue weighted by Gasteiger charge is -2.39. The molecule has 1 spiro atoms. The molecule has 39 heavy (non-hydrogen) atoms. The molecule has 2 aromatic rings. The molecule has 1 saturated carbocycles. The molecular formula is C30H32F3NO4S. The fourth-order valence-corrected chi connectivity index (χ4v) is 8.03. The summed E-state index contributed by atoms with van der Waals surface area (Å²) in [6.07, 6.45) is 3.82. The van der Waals surface area contributed by atoms with Crippen LogP contribution in [0.5, 0.6) is 5.75 Å². The Morgan fingerprint density at radius 1 is 1.10 bits per heavy atom.